The predicted octanol–water partition coefficient (Wildman–Crippen LogP) is 1.29. The number of esters is 1. The molecule has 0 fully saturated rings. The van der Waals surface area contributed by atoms with Crippen LogP contribution in [0.2, 0.25) is 0 Å². The van der Waals surface area contributed by atoms with Crippen molar-refractivity contribution in [1.29, 1.82) is 0 Å². The Morgan fingerprint density at radius 1 is 1.53 bits per heavy atom. The Kier molecular flexibility index (Phi) is 4.24. The maximum Gasteiger partial charge on any atom is 0.322 e. The zero-order chi connectivity index (χ0) is 11.3. The first-order valence-electron chi connectivity index (χ1n) is 4.89. The van der Waals surface area contributed by atoms with Crippen LogP contribution >= 0.6 is 0 Å². The first-order chi connectivity index (χ1) is 7.15. The van der Waals surface area contributed by atoms with Gasteiger partial charge in [-0.1, -0.05) is 6.07 Å². The van der Waals surface area contributed by atoms with Gasteiger partial charge >= 0.3 is 5.97 Å². The second-order valence-corrected chi connectivity index (χ2v) is 3.42. The van der Waals surface area contributed by atoms with E-state index in [0.717, 1.165) is 5.56 Å². The predicted molar refractivity (Wildman–Crippen MR) is 57.3 cm³/mol. The average molecular weight is 208 g/mol. The molecule has 4 heteroatoms. The molecule has 1 aromatic rings. The summed E-state index contributed by atoms with van der Waals surface area (Å²) in [5, 5.41) is 3.13. The van der Waals surface area contributed by atoms with Crippen LogP contribution in [0.25, 0.3) is 0 Å². The molecule has 0 spiro atoms. The highest BCUT2D eigenvalue weighted by molar-refractivity contribution is 5.75. The Bertz CT molecular complexity index is 314. The van der Waals surface area contributed by atoms with E-state index in [-0.39, 0.29) is 18.1 Å². The molecular weight excluding hydrogens is 192 g/mol. The lowest BCUT2D eigenvalue weighted by Gasteiger charge is -2.18. The number of hydrogen-bond acceptors (Lipinski definition) is 4. The lowest BCUT2D eigenvalue weighted by Crippen LogP contribution is -2.36. The number of aromatic nitrogens is 1. The van der Waals surface area contributed by atoms with Gasteiger partial charge in [-0.2, -0.15) is 0 Å². The lowest BCUT2D eigenvalue weighted by molar-refractivity contribution is -0.142. The van der Waals surface area contributed by atoms with Gasteiger partial charge in [0.15, 0.2) is 0 Å². The molecule has 4 nitrogen and oxygen atoms in total. The van der Waals surface area contributed by atoms with E-state index in [1.165, 1.54) is 7.11 Å². The number of pyridine rings is 1. The number of carbonyl (C=O) groups is 1. The van der Waals surface area contributed by atoms with Gasteiger partial charge in [0.1, 0.15) is 6.04 Å². The molecule has 1 heterocycles. The van der Waals surface area contributed by atoms with Crippen molar-refractivity contribution in [1.82, 2.24) is 10.3 Å². The Morgan fingerprint density at radius 3 is 2.80 bits per heavy atom. The second kappa shape index (κ2) is 5.46. The van der Waals surface area contributed by atoms with E-state index in [1.807, 2.05) is 19.1 Å². The van der Waals surface area contributed by atoms with Crippen molar-refractivity contribution in [2.45, 2.75) is 25.9 Å². The molecule has 1 rings (SSSR count). The van der Waals surface area contributed by atoms with Crippen molar-refractivity contribution in [3.05, 3.63) is 30.1 Å². The Balaban J connectivity index is 2.56. The van der Waals surface area contributed by atoms with Crippen LogP contribution in [-0.2, 0) is 9.53 Å². The van der Waals surface area contributed by atoms with Gasteiger partial charge in [-0.3, -0.25) is 15.1 Å². The van der Waals surface area contributed by atoms with Crippen molar-refractivity contribution >= 4 is 5.97 Å². The van der Waals surface area contributed by atoms with Gasteiger partial charge in [0.05, 0.1) is 7.11 Å². The number of carbonyl (C=O) groups excluding carboxylic acids is 1. The molecule has 0 aromatic carbocycles. The Labute approximate surface area is 89.7 Å². The summed E-state index contributed by atoms with van der Waals surface area (Å²) in [6.45, 7) is 3.76. The normalized spacial score (nSPS) is 14.3. The van der Waals surface area contributed by atoms with Crippen LogP contribution in [0, 0.1) is 0 Å². The minimum absolute atomic E-state index is 0.0767. The summed E-state index contributed by atoms with van der Waals surface area (Å²) in [5.41, 5.74) is 1.05. The maximum absolute atomic E-state index is 11.2. The van der Waals surface area contributed by atoms with Crippen molar-refractivity contribution < 1.29 is 9.53 Å². The molecule has 15 heavy (non-hydrogen) atoms. The van der Waals surface area contributed by atoms with Gasteiger partial charge in [-0.05, 0) is 25.5 Å². The fourth-order valence-corrected chi connectivity index (χ4v) is 1.35. The van der Waals surface area contributed by atoms with Crippen LogP contribution in [0.3, 0.4) is 0 Å². The van der Waals surface area contributed by atoms with Crippen LogP contribution in [0.1, 0.15) is 25.5 Å². The number of ether oxygens (including phenoxy) is 1. The molecule has 2 atom stereocenters. The highest BCUT2D eigenvalue weighted by Gasteiger charge is 2.16. The molecule has 1 aromatic heterocycles. The molecule has 1 unspecified atom stereocenters. The summed E-state index contributed by atoms with van der Waals surface area (Å²) >= 11 is 0. The van der Waals surface area contributed by atoms with E-state index in [1.54, 1.807) is 19.3 Å². The fourth-order valence-electron chi connectivity index (χ4n) is 1.35. The third-order valence-electron chi connectivity index (χ3n) is 2.24. The van der Waals surface area contributed by atoms with Crippen LogP contribution in [0.4, 0.5) is 0 Å². The molecule has 0 saturated heterocycles. The van der Waals surface area contributed by atoms with E-state index in [0.29, 0.717) is 0 Å². The van der Waals surface area contributed by atoms with Crippen LogP contribution < -0.4 is 5.32 Å². The highest BCUT2D eigenvalue weighted by Crippen LogP contribution is 2.10. The fraction of sp³-hybridized carbons (Fsp3) is 0.455. The molecule has 82 valence electrons. The Morgan fingerprint density at radius 2 is 2.27 bits per heavy atom. The molecular formula is C11H16N2O2. The molecule has 0 bridgehead atoms. The summed E-state index contributed by atoms with van der Waals surface area (Å²) < 4.78 is 4.63. The van der Waals surface area contributed by atoms with Gasteiger partial charge in [-0.25, -0.2) is 0 Å². The van der Waals surface area contributed by atoms with Crippen molar-refractivity contribution in [2.75, 3.05) is 7.11 Å². The van der Waals surface area contributed by atoms with E-state index in [2.05, 4.69) is 15.0 Å². The smallest absolute Gasteiger partial charge is 0.322 e. The van der Waals surface area contributed by atoms with Crippen molar-refractivity contribution in [2.24, 2.45) is 0 Å². The first-order valence-corrected chi connectivity index (χ1v) is 4.89. The number of methoxy groups -OCH3 is 1. The third kappa shape index (κ3) is 3.32. The molecule has 0 aliphatic rings. The van der Waals surface area contributed by atoms with Gasteiger partial charge < -0.3 is 4.74 Å². The standard InChI is InChI=1S/C11H16N2O2/c1-8(10-5-4-6-12-7-10)13-9(2)11(14)15-3/h4-9,13H,1-3H3/t8-,9?/m0/s1. The van der Waals surface area contributed by atoms with Gasteiger partial charge in [-0.15, -0.1) is 0 Å². The second-order valence-electron chi connectivity index (χ2n) is 3.42. The highest BCUT2D eigenvalue weighted by atomic mass is 16.5. The molecule has 1 N–H and O–H groups in total. The van der Waals surface area contributed by atoms with E-state index < -0.39 is 0 Å². The molecule has 0 aliphatic heterocycles. The monoisotopic (exact) mass is 208 g/mol. The molecule has 0 saturated carbocycles. The number of hydrogen-bond donors (Lipinski definition) is 1. The van der Waals surface area contributed by atoms with E-state index in [9.17, 15) is 4.79 Å². The summed E-state index contributed by atoms with van der Waals surface area (Å²) in [7, 11) is 1.38. The Hall–Kier alpha value is -1.42. The maximum atomic E-state index is 11.2. The summed E-state index contributed by atoms with van der Waals surface area (Å²) in [6.07, 6.45) is 3.50. The van der Waals surface area contributed by atoms with Crippen LogP contribution in [0.15, 0.2) is 24.5 Å². The first kappa shape index (κ1) is 11.7. The van der Waals surface area contributed by atoms with Gasteiger partial charge in [0.25, 0.3) is 0 Å². The SMILES string of the molecule is COC(=O)C(C)N[C@@H](C)c1cccnc1. The van der Waals surface area contributed by atoms with Crippen LogP contribution in [0.5, 0.6) is 0 Å². The van der Waals surface area contributed by atoms with E-state index >= 15 is 0 Å². The number of rotatable bonds is 4. The number of nitrogens with one attached hydrogen (secondary N) is 1. The van der Waals surface area contributed by atoms with Crippen LogP contribution in [-0.4, -0.2) is 24.1 Å². The van der Waals surface area contributed by atoms with E-state index in [4.69, 9.17) is 0 Å². The summed E-state index contributed by atoms with van der Waals surface area (Å²) in [4.78, 5) is 15.2. The lowest BCUT2D eigenvalue weighted by atomic mass is 10.1. The summed E-state index contributed by atoms with van der Waals surface area (Å²) in [6, 6.07) is 3.60. The third-order valence-corrected chi connectivity index (χ3v) is 2.24. The van der Waals surface area contributed by atoms with Gasteiger partial charge in [0, 0.05) is 18.4 Å². The zero-order valence-corrected chi connectivity index (χ0v) is 9.23. The van der Waals surface area contributed by atoms with Gasteiger partial charge in [0.2, 0.25) is 0 Å². The average Bonchev–Trinajstić information content (AvgIpc) is 2.29. The van der Waals surface area contributed by atoms with Crippen molar-refractivity contribution in [3.8, 4) is 0 Å². The molecule has 0 aliphatic carbocycles. The minimum atomic E-state index is -0.315. The molecule has 0 amide bonds. The van der Waals surface area contributed by atoms with Crippen molar-refractivity contribution in [3.63, 3.8) is 0 Å². The zero-order valence-electron chi connectivity index (χ0n) is 9.23. The number of nitrogens with zero attached hydrogens (tertiary/aromatic N) is 1. The molecule has 0 radical (unpaired) electrons. The topological polar surface area (TPSA) is 51.2 Å². The largest absolute Gasteiger partial charge is 0.468 e. The summed E-state index contributed by atoms with van der Waals surface area (Å²) in [5.74, 6) is -0.259. The quantitative estimate of drug-likeness (QED) is 0.758. The minimum Gasteiger partial charge on any atom is -0.468 e.